The Balaban J connectivity index is 1.79. The van der Waals surface area contributed by atoms with Gasteiger partial charge in [0.25, 0.3) is 5.82 Å². The number of H-pyrrole nitrogens is 1. The predicted molar refractivity (Wildman–Crippen MR) is 149 cm³/mol. The molecule has 37 heavy (non-hydrogen) atoms. The Hall–Kier alpha value is -4.95. The molecule has 0 saturated heterocycles. The first-order valence-corrected chi connectivity index (χ1v) is 11.8. The third-order valence-electron chi connectivity index (χ3n) is 5.77. The van der Waals surface area contributed by atoms with E-state index in [1.165, 1.54) is 0 Å². The number of aromatic nitrogens is 3. The number of hydrogen-bond acceptors (Lipinski definition) is 3. The number of nitrogens with one attached hydrogen (secondary N) is 1. The van der Waals surface area contributed by atoms with Crippen LogP contribution in [0.15, 0.2) is 114 Å². The molecule has 0 unspecified atom stereocenters. The van der Waals surface area contributed by atoms with Crippen LogP contribution in [0.5, 0.6) is 0 Å². The van der Waals surface area contributed by atoms with Crippen LogP contribution in [0.25, 0.3) is 22.7 Å². The van der Waals surface area contributed by atoms with E-state index in [0.29, 0.717) is 17.0 Å². The number of pyridine rings is 1. The molecular weight excluding hydrogens is 458 g/mol. The van der Waals surface area contributed by atoms with Crippen LogP contribution in [0, 0.1) is 18.8 Å². The van der Waals surface area contributed by atoms with Gasteiger partial charge in [0.05, 0.1) is 7.11 Å². The summed E-state index contributed by atoms with van der Waals surface area (Å²) in [7, 11) is 1.60. The first kappa shape index (κ1) is 25.2. The topological polar surface area (TPSA) is 58.3 Å². The minimum atomic E-state index is -0.0962. The maximum absolute atomic E-state index is 13.7. The lowest BCUT2D eigenvalue weighted by atomic mass is 10.1. The van der Waals surface area contributed by atoms with E-state index in [9.17, 15) is 4.79 Å². The molecule has 0 spiro atoms. The molecule has 0 atom stereocenters. The third-order valence-corrected chi connectivity index (χ3v) is 5.77. The molecule has 0 aliphatic rings. The van der Waals surface area contributed by atoms with Crippen LogP contribution in [-0.4, -0.2) is 16.7 Å². The van der Waals surface area contributed by atoms with Gasteiger partial charge < -0.3 is 4.74 Å². The summed E-state index contributed by atoms with van der Waals surface area (Å²) in [6.45, 7) is 7.70. The van der Waals surface area contributed by atoms with E-state index < -0.39 is 0 Å². The highest BCUT2D eigenvalue weighted by molar-refractivity contribution is 5.75. The molecule has 4 rings (SSSR count). The van der Waals surface area contributed by atoms with Gasteiger partial charge in [0.2, 0.25) is 0 Å². The van der Waals surface area contributed by atoms with Crippen LogP contribution in [0.1, 0.15) is 29.4 Å². The smallest absolute Gasteiger partial charge is 0.350 e. The summed E-state index contributed by atoms with van der Waals surface area (Å²) >= 11 is 0. The van der Waals surface area contributed by atoms with Gasteiger partial charge in [-0.1, -0.05) is 48.3 Å². The number of rotatable bonds is 6. The molecule has 5 heteroatoms. The van der Waals surface area contributed by atoms with Crippen molar-refractivity contribution in [3.8, 4) is 17.5 Å². The molecule has 2 aromatic carbocycles. The minimum absolute atomic E-state index is 0.0962. The van der Waals surface area contributed by atoms with Gasteiger partial charge in [-0.15, -0.1) is 0 Å². The number of hydrogen-bond donors (Lipinski definition) is 0. The van der Waals surface area contributed by atoms with Crippen LogP contribution in [0.4, 0.5) is 0 Å². The van der Waals surface area contributed by atoms with Crippen molar-refractivity contribution in [3.63, 3.8) is 0 Å². The average Bonchev–Trinajstić information content (AvgIpc) is 2.92. The second-order valence-corrected chi connectivity index (χ2v) is 8.41. The fourth-order valence-corrected chi connectivity index (χ4v) is 3.82. The summed E-state index contributed by atoms with van der Waals surface area (Å²) < 4.78 is 6.94. The zero-order valence-electron chi connectivity index (χ0n) is 21.2. The summed E-state index contributed by atoms with van der Waals surface area (Å²) in [5, 5.41) is 0.616. The second-order valence-electron chi connectivity index (χ2n) is 8.41. The van der Waals surface area contributed by atoms with Gasteiger partial charge in [-0.2, -0.15) is 4.57 Å². The Labute approximate surface area is 216 Å². The van der Waals surface area contributed by atoms with Crippen LogP contribution >= 0.6 is 0 Å². The molecule has 0 bridgehead atoms. The van der Waals surface area contributed by atoms with Gasteiger partial charge in [-0.05, 0) is 74.0 Å². The Morgan fingerprint density at radius 1 is 1.08 bits per heavy atom. The summed E-state index contributed by atoms with van der Waals surface area (Å²) in [5.41, 5.74) is 5.09. The maximum Gasteiger partial charge on any atom is 0.350 e. The molecule has 1 N–H and O–H groups in total. The molecule has 0 saturated carbocycles. The molecule has 0 amide bonds. The number of aryl methyl sites for hydroxylation is 1. The van der Waals surface area contributed by atoms with Crippen LogP contribution < -0.4 is 10.5 Å². The van der Waals surface area contributed by atoms with Crippen molar-refractivity contribution in [2.45, 2.75) is 13.8 Å². The van der Waals surface area contributed by atoms with E-state index in [4.69, 9.17) is 4.74 Å². The van der Waals surface area contributed by atoms with Crippen molar-refractivity contribution in [2.75, 3.05) is 7.11 Å². The first-order chi connectivity index (χ1) is 18.0. The Bertz CT molecular complexity index is 1660. The quantitative estimate of drug-likeness (QED) is 0.203. The molecule has 2 aromatic heterocycles. The van der Waals surface area contributed by atoms with Crippen LogP contribution in [0.2, 0.25) is 0 Å². The molecular formula is C32H28N3O2+. The molecule has 5 nitrogen and oxygen atoms in total. The molecule has 0 aliphatic carbocycles. The van der Waals surface area contributed by atoms with Crippen molar-refractivity contribution in [3.05, 3.63) is 142 Å². The molecule has 4 aromatic rings. The largest absolute Gasteiger partial charge is 0.497 e. The minimum Gasteiger partial charge on any atom is -0.497 e. The first-order valence-electron chi connectivity index (χ1n) is 11.8. The molecule has 2 heterocycles. The van der Waals surface area contributed by atoms with E-state index in [0.717, 1.165) is 33.5 Å². The van der Waals surface area contributed by atoms with E-state index in [-0.39, 0.29) is 5.56 Å². The van der Waals surface area contributed by atoms with E-state index in [2.05, 4.69) is 28.4 Å². The average molecular weight is 487 g/mol. The normalized spacial score (nSPS) is 11.9. The van der Waals surface area contributed by atoms with Crippen molar-refractivity contribution in [1.82, 2.24) is 9.55 Å². The highest BCUT2D eigenvalue weighted by Crippen LogP contribution is 2.18. The van der Waals surface area contributed by atoms with Gasteiger partial charge >= 0.3 is 5.56 Å². The fourth-order valence-electron chi connectivity index (χ4n) is 3.82. The van der Waals surface area contributed by atoms with Gasteiger partial charge in [-0.25, -0.2) is 9.78 Å². The lowest BCUT2D eigenvalue weighted by Gasteiger charge is -2.08. The molecule has 0 aliphatic heterocycles. The van der Waals surface area contributed by atoms with Gasteiger partial charge in [0.15, 0.2) is 0 Å². The summed E-state index contributed by atoms with van der Waals surface area (Å²) in [6.07, 6.45) is 12.7. The summed E-state index contributed by atoms with van der Waals surface area (Å²) in [4.78, 5) is 21.2. The third kappa shape index (κ3) is 6.01. The number of fused-ring (bicyclic) bond motifs is 1. The summed E-state index contributed by atoms with van der Waals surface area (Å²) in [6, 6.07) is 17.2. The van der Waals surface area contributed by atoms with Gasteiger partial charge in [-0.3, -0.25) is 4.98 Å². The fraction of sp³-hybridized carbons (Fsp3) is 0.0938. The van der Waals surface area contributed by atoms with Crippen molar-refractivity contribution < 1.29 is 9.72 Å². The van der Waals surface area contributed by atoms with Crippen LogP contribution in [0.3, 0.4) is 0 Å². The number of para-hydroxylation sites is 1. The zero-order chi connectivity index (χ0) is 26.2. The Morgan fingerprint density at radius 2 is 1.89 bits per heavy atom. The lowest BCUT2D eigenvalue weighted by molar-refractivity contribution is -0.355. The highest BCUT2D eigenvalue weighted by Gasteiger charge is 2.19. The predicted octanol–water partition coefficient (Wildman–Crippen LogP) is 5.58. The van der Waals surface area contributed by atoms with E-state index in [1.54, 1.807) is 30.1 Å². The number of allylic oxidation sites excluding steroid dienone is 5. The summed E-state index contributed by atoms with van der Waals surface area (Å²) in [5.74, 6) is 7.64. The molecule has 0 fully saturated rings. The monoisotopic (exact) mass is 486 g/mol. The van der Waals surface area contributed by atoms with Crippen molar-refractivity contribution in [1.29, 1.82) is 0 Å². The number of nitrogens with zero attached hydrogens (tertiary/aromatic N) is 2. The standard InChI is InChI=1S/C32H27N3O2/c1-5-27(37-4)17-12-23(2)13-19-31-34-29-11-7-6-10-28(29)32(36)35(31)30-18-16-25(21-24(30)3)14-15-26-9-8-20-33-22-26/h5-13,16-22H,1H2,2-4H3/p+1. The maximum atomic E-state index is 13.7. The number of methoxy groups -OCH3 is 1. The van der Waals surface area contributed by atoms with E-state index in [1.807, 2.05) is 92.7 Å². The van der Waals surface area contributed by atoms with Gasteiger partial charge in [0.1, 0.15) is 22.3 Å². The highest BCUT2D eigenvalue weighted by atomic mass is 16.5. The Kier molecular flexibility index (Phi) is 7.92. The lowest BCUT2D eigenvalue weighted by Crippen LogP contribution is -2.30. The number of benzene rings is 2. The molecule has 182 valence electrons. The van der Waals surface area contributed by atoms with Crippen molar-refractivity contribution in [2.24, 2.45) is 0 Å². The zero-order valence-corrected chi connectivity index (χ0v) is 21.2. The molecule has 0 radical (unpaired) electrons. The van der Waals surface area contributed by atoms with Gasteiger partial charge in [0, 0.05) is 29.6 Å². The number of ether oxygens (including phenoxy) is 1. The van der Waals surface area contributed by atoms with E-state index >= 15 is 0 Å². The van der Waals surface area contributed by atoms with Crippen LogP contribution in [-0.2, 0) is 4.74 Å². The Morgan fingerprint density at radius 3 is 2.62 bits per heavy atom. The SMILES string of the molecule is C=CC(=CC=C(C)C=Cc1[nH+]c2ccccc2c(=O)n1-c1ccc(C#Cc2cccnc2)cc1C)OC. The number of aromatic amines is 1. The second kappa shape index (κ2) is 11.7. The van der Waals surface area contributed by atoms with Crippen molar-refractivity contribution >= 4 is 17.0 Å².